The van der Waals surface area contributed by atoms with E-state index < -0.39 is 18.4 Å². The number of carbonyl (C=O) groups excluding carboxylic acids is 2. The van der Waals surface area contributed by atoms with E-state index in [1.54, 1.807) is 0 Å². The second kappa shape index (κ2) is 6.19. The molecule has 0 aliphatic carbocycles. The van der Waals surface area contributed by atoms with E-state index in [4.69, 9.17) is 5.11 Å². The zero-order valence-electron chi connectivity index (χ0n) is 9.66. The van der Waals surface area contributed by atoms with Crippen molar-refractivity contribution in [1.29, 1.82) is 0 Å². The zero-order valence-corrected chi connectivity index (χ0v) is 9.66. The smallest absolute Gasteiger partial charge is 0.322 e. The Balaban J connectivity index is 2.23. The number of nitrogens with one attached hydrogen (secondary N) is 3. The molecule has 1 saturated heterocycles. The largest absolute Gasteiger partial charge is 0.480 e. The molecule has 0 aromatic rings. The Morgan fingerprint density at radius 2 is 1.94 bits per heavy atom. The minimum Gasteiger partial charge on any atom is -0.480 e. The summed E-state index contributed by atoms with van der Waals surface area (Å²) in [6.07, 6.45) is 0. The van der Waals surface area contributed by atoms with Gasteiger partial charge in [-0.2, -0.15) is 0 Å². The van der Waals surface area contributed by atoms with Gasteiger partial charge in [-0.05, 0) is 12.5 Å². The summed E-state index contributed by atoms with van der Waals surface area (Å²) in [6.45, 7) is 2.76. The summed E-state index contributed by atoms with van der Waals surface area (Å²) in [7, 11) is 0. The maximum Gasteiger partial charge on any atom is 0.322 e. The van der Waals surface area contributed by atoms with Gasteiger partial charge >= 0.3 is 5.97 Å². The van der Waals surface area contributed by atoms with E-state index in [1.807, 2.05) is 6.92 Å². The quantitative estimate of drug-likeness (QED) is 0.454. The molecule has 1 fully saturated rings. The van der Waals surface area contributed by atoms with Gasteiger partial charge in [0.05, 0.1) is 12.5 Å². The molecule has 96 valence electrons. The van der Waals surface area contributed by atoms with Crippen LogP contribution < -0.4 is 16.0 Å². The van der Waals surface area contributed by atoms with E-state index >= 15 is 0 Å². The Hall–Kier alpha value is -1.63. The molecule has 17 heavy (non-hydrogen) atoms. The summed E-state index contributed by atoms with van der Waals surface area (Å²) in [5.74, 6) is -1.66. The maximum atomic E-state index is 11.7. The van der Waals surface area contributed by atoms with Gasteiger partial charge in [-0.3, -0.25) is 14.4 Å². The van der Waals surface area contributed by atoms with E-state index in [-0.39, 0.29) is 24.3 Å². The number of carboxylic acids is 1. The highest BCUT2D eigenvalue weighted by Gasteiger charge is 2.29. The van der Waals surface area contributed by atoms with Crippen molar-refractivity contribution in [3.63, 3.8) is 0 Å². The van der Waals surface area contributed by atoms with Gasteiger partial charge in [0.25, 0.3) is 0 Å². The third-order valence-corrected chi connectivity index (χ3v) is 2.71. The van der Waals surface area contributed by atoms with Crippen molar-refractivity contribution in [2.75, 3.05) is 26.2 Å². The summed E-state index contributed by atoms with van der Waals surface area (Å²) in [5.41, 5.74) is 0. The molecule has 1 heterocycles. The third-order valence-electron chi connectivity index (χ3n) is 2.71. The summed E-state index contributed by atoms with van der Waals surface area (Å²) in [5, 5.41) is 16.1. The van der Waals surface area contributed by atoms with Gasteiger partial charge in [0.1, 0.15) is 6.54 Å². The van der Waals surface area contributed by atoms with Gasteiger partial charge in [-0.25, -0.2) is 0 Å². The molecule has 2 amide bonds. The van der Waals surface area contributed by atoms with Crippen molar-refractivity contribution in [3.05, 3.63) is 0 Å². The highest BCUT2D eigenvalue weighted by Crippen LogP contribution is 2.15. The Kier molecular flexibility index (Phi) is 4.89. The molecule has 2 atom stereocenters. The molecular formula is C10H17N3O4. The molecule has 0 aromatic heterocycles. The molecule has 0 radical (unpaired) electrons. The van der Waals surface area contributed by atoms with Crippen LogP contribution in [0.25, 0.3) is 0 Å². The highest BCUT2D eigenvalue weighted by atomic mass is 16.4. The predicted molar refractivity (Wildman–Crippen MR) is 59.2 cm³/mol. The first kappa shape index (κ1) is 13.4. The molecule has 4 N–H and O–H groups in total. The van der Waals surface area contributed by atoms with Gasteiger partial charge < -0.3 is 21.1 Å². The molecular weight excluding hydrogens is 226 g/mol. The number of hydrogen-bond donors (Lipinski definition) is 4. The molecule has 2 unspecified atom stereocenters. The van der Waals surface area contributed by atoms with E-state index in [1.165, 1.54) is 0 Å². The average Bonchev–Trinajstić information content (AvgIpc) is 2.69. The van der Waals surface area contributed by atoms with Crippen molar-refractivity contribution in [3.8, 4) is 0 Å². The lowest BCUT2D eigenvalue weighted by Gasteiger charge is -2.13. The summed E-state index contributed by atoms with van der Waals surface area (Å²) in [4.78, 5) is 33.0. The molecule has 0 aromatic carbocycles. The minimum atomic E-state index is -1.11. The fraction of sp³-hybridized carbons (Fsp3) is 0.700. The van der Waals surface area contributed by atoms with Crippen molar-refractivity contribution in [2.24, 2.45) is 11.8 Å². The lowest BCUT2D eigenvalue weighted by atomic mass is 9.97. The first-order chi connectivity index (χ1) is 8.00. The van der Waals surface area contributed by atoms with Crippen LogP contribution in [0.4, 0.5) is 0 Å². The standard InChI is InChI=1S/C10H17N3O4/c1-6-2-11-3-7(6)10(17)13-4-8(14)12-5-9(15)16/h6-7,11H,2-5H2,1H3,(H,12,14)(H,13,17)(H,15,16). The van der Waals surface area contributed by atoms with Crippen LogP contribution in [0.2, 0.25) is 0 Å². The summed E-state index contributed by atoms with van der Waals surface area (Å²) >= 11 is 0. The van der Waals surface area contributed by atoms with Crippen molar-refractivity contribution in [2.45, 2.75) is 6.92 Å². The van der Waals surface area contributed by atoms with Crippen LogP contribution in [0, 0.1) is 11.8 Å². The molecule has 0 bridgehead atoms. The Labute approximate surface area is 98.9 Å². The van der Waals surface area contributed by atoms with Gasteiger partial charge in [-0.15, -0.1) is 0 Å². The van der Waals surface area contributed by atoms with Crippen LogP contribution in [0.5, 0.6) is 0 Å². The van der Waals surface area contributed by atoms with E-state index in [9.17, 15) is 14.4 Å². The first-order valence-corrected chi connectivity index (χ1v) is 5.47. The second-order valence-electron chi connectivity index (χ2n) is 4.13. The van der Waals surface area contributed by atoms with Gasteiger partial charge in [-0.1, -0.05) is 6.92 Å². The average molecular weight is 243 g/mol. The number of amides is 2. The minimum absolute atomic E-state index is 0.123. The molecule has 7 nitrogen and oxygen atoms in total. The monoisotopic (exact) mass is 243 g/mol. The lowest BCUT2D eigenvalue weighted by molar-refractivity contribution is -0.137. The third kappa shape index (κ3) is 4.39. The Morgan fingerprint density at radius 1 is 1.24 bits per heavy atom. The number of rotatable bonds is 5. The van der Waals surface area contributed by atoms with Gasteiger partial charge in [0, 0.05) is 6.54 Å². The highest BCUT2D eigenvalue weighted by molar-refractivity contribution is 5.87. The number of carboxylic acid groups (broad SMARTS) is 1. The topological polar surface area (TPSA) is 108 Å². The van der Waals surface area contributed by atoms with Crippen LogP contribution in [0.1, 0.15) is 6.92 Å². The van der Waals surface area contributed by atoms with Crippen LogP contribution >= 0.6 is 0 Å². The molecule has 0 saturated carbocycles. The molecule has 7 heteroatoms. The lowest BCUT2D eigenvalue weighted by Crippen LogP contribution is -2.42. The van der Waals surface area contributed by atoms with Crippen molar-refractivity contribution >= 4 is 17.8 Å². The molecule has 1 aliphatic rings. The van der Waals surface area contributed by atoms with E-state index in [2.05, 4.69) is 16.0 Å². The number of carbonyl (C=O) groups is 3. The Morgan fingerprint density at radius 3 is 2.47 bits per heavy atom. The normalized spacial score (nSPS) is 23.1. The first-order valence-electron chi connectivity index (χ1n) is 5.47. The predicted octanol–water partition coefficient (Wildman–Crippen LogP) is -1.84. The zero-order chi connectivity index (χ0) is 12.8. The summed E-state index contributed by atoms with van der Waals surface area (Å²) < 4.78 is 0. The SMILES string of the molecule is CC1CNCC1C(=O)NCC(=O)NCC(=O)O. The van der Waals surface area contributed by atoms with Crippen LogP contribution in [0.3, 0.4) is 0 Å². The molecule has 1 aliphatic heterocycles. The fourth-order valence-electron chi connectivity index (χ4n) is 1.70. The van der Waals surface area contributed by atoms with Gasteiger partial charge in [0.15, 0.2) is 0 Å². The number of hydrogen-bond acceptors (Lipinski definition) is 4. The molecule has 0 spiro atoms. The van der Waals surface area contributed by atoms with Crippen molar-refractivity contribution < 1.29 is 19.5 Å². The fourth-order valence-corrected chi connectivity index (χ4v) is 1.70. The van der Waals surface area contributed by atoms with Crippen LogP contribution in [0.15, 0.2) is 0 Å². The van der Waals surface area contributed by atoms with Gasteiger partial charge in [0.2, 0.25) is 11.8 Å². The molecule has 1 rings (SSSR count). The van der Waals surface area contributed by atoms with Crippen LogP contribution in [-0.4, -0.2) is 49.1 Å². The van der Waals surface area contributed by atoms with Crippen molar-refractivity contribution in [1.82, 2.24) is 16.0 Å². The summed E-state index contributed by atoms with van der Waals surface area (Å²) in [6, 6.07) is 0. The van der Waals surface area contributed by atoms with E-state index in [0.717, 1.165) is 6.54 Å². The number of aliphatic carboxylic acids is 1. The second-order valence-corrected chi connectivity index (χ2v) is 4.13. The van der Waals surface area contributed by atoms with E-state index in [0.29, 0.717) is 6.54 Å². The maximum absolute atomic E-state index is 11.7. The Bertz CT molecular complexity index is 319. The van der Waals surface area contributed by atoms with Crippen LogP contribution in [-0.2, 0) is 14.4 Å².